The van der Waals surface area contributed by atoms with Crippen LogP contribution in [-0.2, 0) is 0 Å². The first kappa shape index (κ1) is 14.9. The zero-order chi connectivity index (χ0) is 15.2. The number of aromatic nitrogens is 2. The molecule has 2 rings (SSSR count). The average Bonchev–Trinajstić information content (AvgIpc) is 2.47. The maximum Gasteiger partial charge on any atom is 0.226 e. The molecule has 6 nitrogen and oxygen atoms in total. The van der Waals surface area contributed by atoms with Gasteiger partial charge in [-0.05, 0) is 26.0 Å². The first-order valence-electron chi connectivity index (χ1n) is 6.66. The van der Waals surface area contributed by atoms with Crippen molar-refractivity contribution in [1.29, 1.82) is 0 Å². The van der Waals surface area contributed by atoms with Crippen molar-refractivity contribution in [2.45, 2.75) is 13.8 Å². The van der Waals surface area contributed by atoms with Crippen LogP contribution in [0, 0.1) is 6.92 Å². The summed E-state index contributed by atoms with van der Waals surface area (Å²) in [5.74, 6) is 2.61. The van der Waals surface area contributed by atoms with Crippen molar-refractivity contribution < 1.29 is 14.2 Å². The van der Waals surface area contributed by atoms with Crippen molar-refractivity contribution in [2.24, 2.45) is 0 Å². The summed E-state index contributed by atoms with van der Waals surface area (Å²) in [7, 11) is 3.16. The van der Waals surface area contributed by atoms with Gasteiger partial charge in [-0.25, -0.2) is 4.98 Å². The van der Waals surface area contributed by atoms with Gasteiger partial charge in [0.25, 0.3) is 0 Å². The van der Waals surface area contributed by atoms with E-state index < -0.39 is 0 Å². The topological polar surface area (TPSA) is 65.5 Å². The summed E-state index contributed by atoms with van der Waals surface area (Å²) < 4.78 is 16.5. The van der Waals surface area contributed by atoms with Crippen LogP contribution in [0.25, 0.3) is 0 Å². The minimum absolute atomic E-state index is 0.432. The second-order valence-corrected chi connectivity index (χ2v) is 4.30. The van der Waals surface area contributed by atoms with Gasteiger partial charge >= 0.3 is 0 Å². The van der Waals surface area contributed by atoms with Crippen LogP contribution in [-0.4, -0.2) is 30.7 Å². The maximum absolute atomic E-state index is 5.85. The summed E-state index contributed by atoms with van der Waals surface area (Å²) in [5.41, 5.74) is 0.810. The van der Waals surface area contributed by atoms with E-state index in [1.807, 2.05) is 19.9 Å². The number of ether oxygens (including phenoxy) is 3. The summed E-state index contributed by atoms with van der Waals surface area (Å²) in [6.07, 6.45) is 0. The van der Waals surface area contributed by atoms with E-state index in [1.165, 1.54) is 0 Å². The highest BCUT2D eigenvalue weighted by Gasteiger charge is 2.14. The molecular formula is C15H19N3O3. The molecule has 1 aromatic heterocycles. The Morgan fingerprint density at radius 1 is 1.10 bits per heavy atom. The van der Waals surface area contributed by atoms with Crippen molar-refractivity contribution in [1.82, 2.24) is 9.97 Å². The first-order chi connectivity index (χ1) is 10.2. The Kier molecular flexibility index (Phi) is 4.81. The van der Waals surface area contributed by atoms with Gasteiger partial charge in [-0.15, -0.1) is 0 Å². The quantitative estimate of drug-likeness (QED) is 0.881. The molecule has 1 heterocycles. The van der Waals surface area contributed by atoms with E-state index >= 15 is 0 Å². The number of benzene rings is 1. The second kappa shape index (κ2) is 6.78. The number of rotatable bonds is 6. The van der Waals surface area contributed by atoms with Crippen LogP contribution >= 0.6 is 0 Å². The molecule has 0 bridgehead atoms. The molecule has 0 radical (unpaired) electrons. The van der Waals surface area contributed by atoms with E-state index in [4.69, 9.17) is 14.2 Å². The Labute approximate surface area is 124 Å². The van der Waals surface area contributed by atoms with Crippen LogP contribution in [0.2, 0.25) is 0 Å². The predicted molar refractivity (Wildman–Crippen MR) is 80.6 cm³/mol. The molecule has 0 saturated carbocycles. The summed E-state index contributed by atoms with van der Waals surface area (Å²) in [4.78, 5) is 8.60. The summed E-state index contributed by atoms with van der Waals surface area (Å²) >= 11 is 0. The van der Waals surface area contributed by atoms with Gasteiger partial charge in [0.05, 0.1) is 14.2 Å². The molecule has 0 aliphatic heterocycles. The predicted octanol–water partition coefficient (Wildman–Crippen LogP) is 3.03. The molecule has 21 heavy (non-hydrogen) atoms. The standard InChI is InChI=1S/C15H19N3O3/c1-5-16-15-17-10(2)9-13(18-15)21-14-11(19-3)7-6-8-12(14)20-4/h6-9H,5H2,1-4H3,(H,16,17,18). The molecule has 112 valence electrons. The third-order valence-corrected chi connectivity index (χ3v) is 2.75. The van der Waals surface area contributed by atoms with E-state index in [-0.39, 0.29) is 0 Å². The number of hydrogen-bond acceptors (Lipinski definition) is 6. The number of methoxy groups -OCH3 is 2. The summed E-state index contributed by atoms with van der Waals surface area (Å²) in [6, 6.07) is 7.20. The van der Waals surface area contributed by atoms with Crippen LogP contribution in [0.5, 0.6) is 23.1 Å². The van der Waals surface area contributed by atoms with Crippen LogP contribution in [0.1, 0.15) is 12.6 Å². The number of anilines is 1. The maximum atomic E-state index is 5.85. The minimum Gasteiger partial charge on any atom is -0.493 e. The van der Waals surface area contributed by atoms with Crippen molar-refractivity contribution in [3.05, 3.63) is 30.0 Å². The van der Waals surface area contributed by atoms with Gasteiger partial charge in [0.15, 0.2) is 11.5 Å². The van der Waals surface area contributed by atoms with Crippen molar-refractivity contribution >= 4 is 5.95 Å². The molecule has 2 aromatic rings. The van der Waals surface area contributed by atoms with E-state index in [2.05, 4.69) is 15.3 Å². The lowest BCUT2D eigenvalue weighted by Crippen LogP contribution is -2.04. The Morgan fingerprint density at radius 3 is 2.33 bits per heavy atom. The lowest BCUT2D eigenvalue weighted by atomic mass is 10.3. The Bertz CT molecular complexity index is 595. The SMILES string of the molecule is CCNc1nc(C)cc(Oc2c(OC)cccc2OC)n1. The zero-order valence-electron chi connectivity index (χ0n) is 12.6. The molecule has 6 heteroatoms. The van der Waals surface area contributed by atoms with Gasteiger partial charge in [0.2, 0.25) is 17.6 Å². The molecule has 0 fully saturated rings. The number of aryl methyl sites for hydroxylation is 1. The minimum atomic E-state index is 0.432. The van der Waals surface area contributed by atoms with Gasteiger partial charge in [-0.2, -0.15) is 4.98 Å². The molecule has 0 unspecified atom stereocenters. The summed E-state index contributed by atoms with van der Waals surface area (Å²) in [5, 5.41) is 3.07. The summed E-state index contributed by atoms with van der Waals surface area (Å²) in [6.45, 7) is 4.60. The van der Waals surface area contributed by atoms with E-state index in [0.29, 0.717) is 29.1 Å². The van der Waals surface area contributed by atoms with Gasteiger partial charge in [-0.3, -0.25) is 0 Å². The van der Waals surface area contributed by atoms with E-state index in [1.54, 1.807) is 32.4 Å². The number of hydrogen-bond donors (Lipinski definition) is 1. The highest BCUT2D eigenvalue weighted by Crippen LogP contribution is 2.39. The fraction of sp³-hybridized carbons (Fsp3) is 0.333. The van der Waals surface area contributed by atoms with Gasteiger partial charge in [0, 0.05) is 18.3 Å². The van der Waals surface area contributed by atoms with Crippen LogP contribution in [0.15, 0.2) is 24.3 Å². The molecule has 1 N–H and O–H groups in total. The zero-order valence-corrected chi connectivity index (χ0v) is 12.6. The lowest BCUT2D eigenvalue weighted by Gasteiger charge is -2.14. The highest BCUT2D eigenvalue weighted by molar-refractivity contribution is 5.52. The third kappa shape index (κ3) is 3.53. The smallest absolute Gasteiger partial charge is 0.226 e. The monoisotopic (exact) mass is 289 g/mol. The van der Waals surface area contributed by atoms with Crippen LogP contribution < -0.4 is 19.5 Å². The van der Waals surface area contributed by atoms with Crippen molar-refractivity contribution in [3.63, 3.8) is 0 Å². The third-order valence-electron chi connectivity index (χ3n) is 2.75. The van der Waals surface area contributed by atoms with Gasteiger partial charge in [-0.1, -0.05) is 6.07 Å². The van der Waals surface area contributed by atoms with Crippen LogP contribution in [0.3, 0.4) is 0 Å². The van der Waals surface area contributed by atoms with Crippen molar-refractivity contribution in [3.8, 4) is 23.1 Å². The Balaban J connectivity index is 2.37. The average molecular weight is 289 g/mol. The molecule has 0 aliphatic rings. The van der Waals surface area contributed by atoms with Crippen molar-refractivity contribution in [2.75, 3.05) is 26.1 Å². The largest absolute Gasteiger partial charge is 0.493 e. The van der Waals surface area contributed by atoms with E-state index in [9.17, 15) is 0 Å². The molecule has 0 atom stereocenters. The van der Waals surface area contributed by atoms with E-state index in [0.717, 1.165) is 12.2 Å². The fourth-order valence-corrected chi connectivity index (χ4v) is 1.85. The Hall–Kier alpha value is -2.50. The first-order valence-corrected chi connectivity index (χ1v) is 6.66. The van der Waals surface area contributed by atoms with Gasteiger partial charge in [0.1, 0.15) is 0 Å². The molecular weight excluding hydrogens is 270 g/mol. The normalized spacial score (nSPS) is 10.1. The van der Waals surface area contributed by atoms with Crippen LogP contribution in [0.4, 0.5) is 5.95 Å². The molecule has 0 amide bonds. The fourth-order valence-electron chi connectivity index (χ4n) is 1.85. The lowest BCUT2D eigenvalue weighted by molar-refractivity contribution is 0.342. The van der Waals surface area contributed by atoms with Gasteiger partial charge < -0.3 is 19.5 Å². The molecule has 0 spiro atoms. The number of nitrogens with one attached hydrogen (secondary N) is 1. The number of para-hydroxylation sites is 1. The molecule has 1 aromatic carbocycles. The highest BCUT2D eigenvalue weighted by atomic mass is 16.5. The Morgan fingerprint density at radius 2 is 1.76 bits per heavy atom. The second-order valence-electron chi connectivity index (χ2n) is 4.30. The number of nitrogens with zero attached hydrogens (tertiary/aromatic N) is 2. The molecule has 0 aliphatic carbocycles. The molecule has 0 saturated heterocycles.